The SMILES string of the molecule is CCC(CC)C1(CC)C(=O)NC(=O)N(C)C1=O. The number of hydrogen-bond donors (Lipinski definition) is 1. The summed E-state index contributed by atoms with van der Waals surface area (Å²) in [5.74, 6) is -0.847. The Morgan fingerprint density at radius 1 is 1.18 bits per heavy atom. The average Bonchev–Trinajstić information content (AvgIpc) is 2.32. The Hall–Kier alpha value is -1.39. The topological polar surface area (TPSA) is 66.5 Å². The lowest BCUT2D eigenvalue weighted by atomic mass is 9.68. The molecule has 5 heteroatoms. The first-order valence-electron chi connectivity index (χ1n) is 6.09. The van der Waals surface area contributed by atoms with E-state index in [1.165, 1.54) is 7.05 Å². The van der Waals surface area contributed by atoms with Crippen LogP contribution >= 0.6 is 0 Å². The van der Waals surface area contributed by atoms with Gasteiger partial charge in [-0.2, -0.15) is 0 Å². The smallest absolute Gasteiger partial charge is 0.277 e. The summed E-state index contributed by atoms with van der Waals surface area (Å²) in [6.45, 7) is 5.74. The van der Waals surface area contributed by atoms with E-state index < -0.39 is 17.4 Å². The zero-order chi connectivity index (χ0) is 13.2. The van der Waals surface area contributed by atoms with Crippen molar-refractivity contribution in [1.82, 2.24) is 10.2 Å². The Morgan fingerprint density at radius 2 is 1.71 bits per heavy atom. The number of rotatable bonds is 4. The van der Waals surface area contributed by atoms with Crippen LogP contribution in [0.2, 0.25) is 0 Å². The van der Waals surface area contributed by atoms with Crippen LogP contribution in [0, 0.1) is 11.3 Å². The molecule has 0 bridgehead atoms. The summed E-state index contributed by atoms with van der Waals surface area (Å²) in [6.07, 6.45) is 1.90. The minimum absolute atomic E-state index is 0.0319. The maximum atomic E-state index is 12.3. The number of nitrogens with one attached hydrogen (secondary N) is 1. The first kappa shape index (κ1) is 13.7. The second-order valence-electron chi connectivity index (χ2n) is 4.46. The number of nitrogens with zero attached hydrogens (tertiary/aromatic N) is 1. The minimum atomic E-state index is -1.08. The molecule has 1 unspecified atom stereocenters. The highest BCUT2D eigenvalue weighted by Crippen LogP contribution is 2.39. The number of hydrogen-bond acceptors (Lipinski definition) is 3. The highest BCUT2D eigenvalue weighted by Gasteiger charge is 2.55. The summed E-state index contributed by atoms with van der Waals surface area (Å²) >= 11 is 0. The van der Waals surface area contributed by atoms with Gasteiger partial charge in [0.05, 0.1) is 0 Å². The Labute approximate surface area is 102 Å². The fourth-order valence-electron chi connectivity index (χ4n) is 2.73. The number of imide groups is 2. The molecule has 17 heavy (non-hydrogen) atoms. The second kappa shape index (κ2) is 4.85. The number of urea groups is 1. The van der Waals surface area contributed by atoms with Crippen molar-refractivity contribution in [3.05, 3.63) is 0 Å². The number of barbiturate groups is 1. The molecule has 5 nitrogen and oxygen atoms in total. The Balaban J connectivity index is 3.24. The van der Waals surface area contributed by atoms with E-state index >= 15 is 0 Å². The fraction of sp³-hybridized carbons (Fsp3) is 0.750. The zero-order valence-corrected chi connectivity index (χ0v) is 10.9. The molecule has 0 aromatic heterocycles. The Kier molecular flexibility index (Phi) is 3.91. The van der Waals surface area contributed by atoms with Crippen molar-refractivity contribution in [2.75, 3.05) is 7.05 Å². The van der Waals surface area contributed by atoms with Gasteiger partial charge in [-0.25, -0.2) is 4.79 Å². The Bertz CT molecular complexity index is 350. The van der Waals surface area contributed by atoms with E-state index in [0.29, 0.717) is 6.42 Å². The molecule has 1 N–H and O–H groups in total. The van der Waals surface area contributed by atoms with Crippen molar-refractivity contribution in [2.45, 2.75) is 40.0 Å². The molecule has 1 rings (SSSR count). The van der Waals surface area contributed by atoms with Crippen molar-refractivity contribution >= 4 is 17.8 Å². The monoisotopic (exact) mass is 240 g/mol. The molecule has 0 radical (unpaired) electrons. The predicted molar refractivity (Wildman–Crippen MR) is 63.1 cm³/mol. The van der Waals surface area contributed by atoms with Gasteiger partial charge in [-0.1, -0.05) is 33.6 Å². The van der Waals surface area contributed by atoms with E-state index in [1.54, 1.807) is 0 Å². The molecule has 0 aliphatic carbocycles. The van der Waals surface area contributed by atoms with Gasteiger partial charge in [0.2, 0.25) is 11.8 Å². The van der Waals surface area contributed by atoms with Gasteiger partial charge in [0.15, 0.2) is 0 Å². The molecule has 1 heterocycles. The van der Waals surface area contributed by atoms with E-state index in [-0.39, 0.29) is 11.8 Å². The summed E-state index contributed by atoms with van der Waals surface area (Å²) < 4.78 is 0. The van der Waals surface area contributed by atoms with Crippen LogP contribution in [0.1, 0.15) is 40.0 Å². The maximum absolute atomic E-state index is 12.3. The number of amides is 4. The molecule has 1 fully saturated rings. The first-order valence-corrected chi connectivity index (χ1v) is 6.09. The van der Waals surface area contributed by atoms with Crippen LogP contribution < -0.4 is 5.32 Å². The van der Waals surface area contributed by atoms with E-state index in [1.807, 2.05) is 20.8 Å². The quantitative estimate of drug-likeness (QED) is 0.758. The van der Waals surface area contributed by atoms with Gasteiger partial charge in [0.25, 0.3) is 0 Å². The first-order chi connectivity index (χ1) is 7.95. The third kappa shape index (κ3) is 1.83. The van der Waals surface area contributed by atoms with Crippen molar-refractivity contribution in [1.29, 1.82) is 0 Å². The van der Waals surface area contributed by atoms with Crippen LogP contribution in [0.3, 0.4) is 0 Å². The van der Waals surface area contributed by atoms with Gasteiger partial charge < -0.3 is 0 Å². The Morgan fingerprint density at radius 3 is 2.12 bits per heavy atom. The van der Waals surface area contributed by atoms with E-state index in [0.717, 1.165) is 17.7 Å². The van der Waals surface area contributed by atoms with Gasteiger partial charge in [-0.05, 0) is 12.3 Å². The lowest BCUT2D eigenvalue weighted by Gasteiger charge is -2.41. The van der Waals surface area contributed by atoms with Gasteiger partial charge in [0.1, 0.15) is 5.41 Å². The summed E-state index contributed by atoms with van der Waals surface area (Å²) in [5, 5.41) is 2.28. The molecule has 0 aromatic rings. The average molecular weight is 240 g/mol. The molecule has 96 valence electrons. The van der Waals surface area contributed by atoms with E-state index in [4.69, 9.17) is 0 Å². The molecule has 1 saturated heterocycles. The van der Waals surface area contributed by atoms with Gasteiger partial charge in [-0.15, -0.1) is 0 Å². The van der Waals surface area contributed by atoms with Crippen molar-refractivity contribution in [3.8, 4) is 0 Å². The molecule has 1 aliphatic heterocycles. The van der Waals surface area contributed by atoms with Crippen LogP contribution in [-0.4, -0.2) is 29.8 Å². The standard InChI is InChI=1S/C12H20N2O3/c1-5-8(6-2)12(7-3)9(15)13-11(17)14(4)10(12)16/h8H,5-7H2,1-4H3,(H,13,15,17). The summed E-state index contributed by atoms with van der Waals surface area (Å²) in [4.78, 5) is 36.8. The molecule has 0 saturated carbocycles. The van der Waals surface area contributed by atoms with Gasteiger partial charge in [-0.3, -0.25) is 19.8 Å². The highest BCUT2D eigenvalue weighted by atomic mass is 16.2. The van der Waals surface area contributed by atoms with Crippen molar-refractivity contribution in [2.24, 2.45) is 11.3 Å². The van der Waals surface area contributed by atoms with Crippen molar-refractivity contribution < 1.29 is 14.4 Å². The second-order valence-corrected chi connectivity index (χ2v) is 4.46. The molecule has 0 spiro atoms. The van der Waals surface area contributed by atoms with E-state index in [9.17, 15) is 14.4 Å². The molecular formula is C12H20N2O3. The van der Waals surface area contributed by atoms with Crippen molar-refractivity contribution in [3.63, 3.8) is 0 Å². The third-order valence-corrected chi connectivity index (χ3v) is 3.86. The van der Waals surface area contributed by atoms with Crippen LogP contribution in [0.5, 0.6) is 0 Å². The highest BCUT2D eigenvalue weighted by molar-refractivity contribution is 6.19. The maximum Gasteiger partial charge on any atom is 0.330 e. The zero-order valence-electron chi connectivity index (χ0n) is 10.9. The van der Waals surface area contributed by atoms with Crippen LogP contribution in [0.15, 0.2) is 0 Å². The van der Waals surface area contributed by atoms with Crippen LogP contribution in [0.25, 0.3) is 0 Å². The molecule has 1 atom stereocenters. The largest absolute Gasteiger partial charge is 0.330 e. The van der Waals surface area contributed by atoms with E-state index in [2.05, 4.69) is 5.32 Å². The summed E-state index contributed by atoms with van der Waals surface area (Å²) in [7, 11) is 1.41. The molecule has 0 aromatic carbocycles. The molecular weight excluding hydrogens is 220 g/mol. The third-order valence-electron chi connectivity index (χ3n) is 3.86. The number of carbonyl (C=O) groups is 3. The number of carbonyl (C=O) groups excluding carboxylic acids is 3. The van der Waals surface area contributed by atoms with Crippen LogP contribution in [-0.2, 0) is 9.59 Å². The lowest BCUT2D eigenvalue weighted by molar-refractivity contribution is -0.155. The van der Waals surface area contributed by atoms with Crippen LogP contribution in [0.4, 0.5) is 4.79 Å². The predicted octanol–water partition coefficient (Wildman–Crippen LogP) is 1.53. The van der Waals surface area contributed by atoms with Gasteiger partial charge >= 0.3 is 6.03 Å². The van der Waals surface area contributed by atoms with Gasteiger partial charge in [0, 0.05) is 7.05 Å². The summed E-state index contributed by atoms with van der Waals surface area (Å²) in [6, 6.07) is -0.630. The minimum Gasteiger partial charge on any atom is -0.277 e. The molecule has 1 aliphatic rings. The fourth-order valence-corrected chi connectivity index (χ4v) is 2.73. The lowest BCUT2D eigenvalue weighted by Crippen LogP contribution is -2.64. The molecule has 4 amide bonds. The summed E-state index contributed by atoms with van der Waals surface area (Å²) in [5.41, 5.74) is -1.08. The normalized spacial score (nSPS) is 25.5.